The SMILES string of the molecule is COc1ccc2[nH]c3c(c2c1)CCN(C(=O)Nc1ccc(C)c(Cl)c1)[C@H]3c1ccc(C)cc1. The minimum atomic E-state index is -0.228. The molecule has 2 N–H and O–H groups in total. The Kier molecular flexibility index (Phi) is 5.51. The van der Waals surface area contributed by atoms with E-state index in [1.54, 1.807) is 13.2 Å². The fourth-order valence-electron chi connectivity index (χ4n) is 4.57. The van der Waals surface area contributed by atoms with Gasteiger partial charge in [0.1, 0.15) is 5.75 Å². The standard InChI is InChI=1S/C27H26ClN3O2/c1-16-4-7-18(8-5-16)26-25-21(22-15-20(33-3)10-11-24(22)30-25)12-13-31(26)27(32)29-19-9-6-17(2)23(28)14-19/h4-11,14-15,26,30H,12-13H2,1-3H3,(H,29,32)/t26-/m0/s1. The fraction of sp³-hybridized carbons (Fsp3) is 0.222. The van der Waals surface area contributed by atoms with Gasteiger partial charge in [-0.15, -0.1) is 0 Å². The Morgan fingerprint density at radius 3 is 2.61 bits per heavy atom. The van der Waals surface area contributed by atoms with Crippen molar-refractivity contribution >= 4 is 34.2 Å². The van der Waals surface area contributed by atoms with E-state index < -0.39 is 0 Å². The number of nitrogens with zero attached hydrogens (tertiary/aromatic N) is 1. The first kappa shape index (κ1) is 21.4. The van der Waals surface area contributed by atoms with Crippen molar-refractivity contribution in [2.24, 2.45) is 0 Å². The van der Waals surface area contributed by atoms with Crippen LogP contribution in [0.25, 0.3) is 10.9 Å². The molecular formula is C27H26ClN3O2. The topological polar surface area (TPSA) is 57.4 Å². The molecule has 0 saturated heterocycles. The number of nitrogens with one attached hydrogen (secondary N) is 2. The highest BCUT2D eigenvalue weighted by molar-refractivity contribution is 6.31. The van der Waals surface area contributed by atoms with Gasteiger partial charge in [-0.05, 0) is 67.3 Å². The number of fused-ring (bicyclic) bond motifs is 3. The van der Waals surface area contributed by atoms with Gasteiger partial charge in [-0.3, -0.25) is 0 Å². The summed E-state index contributed by atoms with van der Waals surface area (Å²) in [4.78, 5) is 19.0. The Morgan fingerprint density at radius 1 is 1.09 bits per heavy atom. The van der Waals surface area contributed by atoms with Gasteiger partial charge in [-0.1, -0.05) is 47.5 Å². The second-order valence-electron chi connectivity index (χ2n) is 8.58. The van der Waals surface area contributed by atoms with E-state index in [2.05, 4.69) is 47.6 Å². The maximum absolute atomic E-state index is 13.5. The van der Waals surface area contributed by atoms with Crippen molar-refractivity contribution in [3.8, 4) is 5.75 Å². The molecule has 168 valence electrons. The summed E-state index contributed by atoms with van der Waals surface area (Å²) in [6.45, 7) is 4.61. The molecule has 2 heterocycles. The van der Waals surface area contributed by atoms with Gasteiger partial charge in [0, 0.05) is 33.9 Å². The van der Waals surface area contributed by atoms with E-state index in [9.17, 15) is 4.79 Å². The number of aromatic nitrogens is 1. The third kappa shape index (κ3) is 3.93. The molecular weight excluding hydrogens is 434 g/mol. The van der Waals surface area contributed by atoms with Crippen LogP contribution in [0.4, 0.5) is 10.5 Å². The first-order chi connectivity index (χ1) is 15.9. The minimum Gasteiger partial charge on any atom is -0.497 e. The molecule has 2 amide bonds. The molecule has 5 rings (SSSR count). The molecule has 0 bridgehead atoms. The van der Waals surface area contributed by atoms with Gasteiger partial charge < -0.3 is 19.9 Å². The third-order valence-electron chi connectivity index (χ3n) is 6.41. The number of carbonyl (C=O) groups is 1. The zero-order valence-corrected chi connectivity index (χ0v) is 19.7. The largest absolute Gasteiger partial charge is 0.497 e. The Balaban J connectivity index is 1.57. The highest BCUT2D eigenvalue weighted by atomic mass is 35.5. The summed E-state index contributed by atoms with van der Waals surface area (Å²) in [5.41, 5.74) is 7.24. The van der Waals surface area contributed by atoms with E-state index in [0.29, 0.717) is 17.3 Å². The van der Waals surface area contributed by atoms with Gasteiger partial charge in [0.2, 0.25) is 0 Å². The van der Waals surface area contributed by atoms with E-state index in [1.807, 2.05) is 36.1 Å². The van der Waals surface area contributed by atoms with Gasteiger partial charge in [-0.25, -0.2) is 4.79 Å². The summed E-state index contributed by atoms with van der Waals surface area (Å²) in [6.07, 6.45) is 0.757. The van der Waals surface area contributed by atoms with Crippen molar-refractivity contribution < 1.29 is 9.53 Å². The predicted octanol–water partition coefficient (Wildman–Crippen LogP) is 6.63. The van der Waals surface area contributed by atoms with Crippen molar-refractivity contribution in [1.29, 1.82) is 0 Å². The van der Waals surface area contributed by atoms with Crippen molar-refractivity contribution in [3.63, 3.8) is 0 Å². The molecule has 33 heavy (non-hydrogen) atoms. The lowest BCUT2D eigenvalue weighted by molar-refractivity contribution is 0.193. The molecule has 4 aromatic rings. The molecule has 0 unspecified atom stereocenters. The molecule has 1 aliphatic rings. The number of amides is 2. The summed E-state index contributed by atoms with van der Waals surface area (Å²) in [5, 5.41) is 4.82. The molecule has 0 spiro atoms. The number of H-pyrrole nitrogens is 1. The van der Waals surface area contributed by atoms with Crippen LogP contribution >= 0.6 is 11.6 Å². The van der Waals surface area contributed by atoms with Crippen LogP contribution in [-0.4, -0.2) is 29.6 Å². The van der Waals surface area contributed by atoms with Gasteiger partial charge in [0.25, 0.3) is 0 Å². The summed E-state index contributed by atoms with van der Waals surface area (Å²) in [7, 11) is 1.68. The van der Waals surface area contributed by atoms with Crippen molar-refractivity contribution in [1.82, 2.24) is 9.88 Å². The molecule has 0 radical (unpaired) electrons. The van der Waals surface area contributed by atoms with Gasteiger partial charge in [0.15, 0.2) is 0 Å². The summed E-state index contributed by atoms with van der Waals surface area (Å²) >= 11 is 6.28. The number of ether oxygens (including phenoxy) is 1. The number of aromatic amines is 1. The quantitative estimate of drug-likeness (QED) is 0.361. The number of hydrogen-bond donors (Lipinski definition) is 2. The summed E-state index contributed by atoms with van der Waals surface area (Å²) < 4.78 is 5.45. The number of anilines is 1. The lowest BCUT2D eigenvalue weighted by Crippen LogP contribution is -2.43. The number of benzene rings is 3. The first-order valence-corrected chi connectivity index (χ1v) is 11.4. The first-order valence-electron chi connectivity index (χ1n) is 11.0. The number of halogens is 1. The van der Waals surface area contributed by atoms with Gasteiger partial charge >= 0.3 is 6.03 Å². The van der Waals surface area contributed by atoms with Crippen molar-refractivity contribution in [2.75, 3.05) is 19.0 Å². The Bertz CT molecular complexity index is 1340. The van der Waals surface area contributed by atoms with E-state index in [-0.39, 0.29) is 12.1 Å². The van der Waals surface area contributed by atoms with Crippen molar-refractivity contribution in [2.45, 2.75) is 26.3 Å². The maximum Gasteiger partial charge on any atom is 0.322 e. The number of rotatable bonds is 3. The Morgan fingerprint density at radius 2 is 1.88 bits per heavy atom. The Hall–Kier alpha value is -3.44. The van der Waals surface area contributed by atoms with Crippen molar-refractivity contribution in [3.05, 3.63) is 93.6 Å². The van der Waals surface area contributed by atoms with Crippen LogP contribution in [0.5, 0.6) is 5.75 Å². The molecule has 1 aromatic heterocycles. The number of carbonyl (C=O) groups excluding carboxylic acids is 1. The Labute approximate surface area is 198 Å². The van der Waals surface area contributed by atoms with E-state index in [4.69, 9.17) is 16.3 Å². The van der Waals surface area contributed by atoms with Gasteiger partial charge in [-0.2, -0.15) is 0 Å². The molecule has 0 aliphatic carbocycles. The van der Waals surface area contributed by atoms with Crippen LogP contribution in [-0.2, 0) is 6.42 Å². The number of urea groups is 1. The minimum absolute atomic E-state index is 0.151. The highest BCUT2D eigenvalue weighted by Gasteiger charge is 2.34. The average molecular weight is 460 g/mol. The van der Waals surface area contributed by atoms with Crippen LogP contribution in [0, 0.1) is 13.8 Å². The number of methoxy groups -OCH3 is 1. The molecule has 1 atom stereocenters. The number of hydrogen-bond acceptors (Lipinski definition) is 2. The zero-order valence-electron chi connectivity index (χ0n) is 18.9. The van der Waals surface area contributed by atoms with E-state index in [1.165, 1.54) is 11.1 Å². The second kappa shape index (κ2) is 8.49. The average Bonchev–Trinajstić information content (AvgIpc) is 3.19. The van der Waals surface area contributed by atoms with Crippen LogP contribution in [0.15, 0.2) is 60.7 Å². The molecule has 0 saturated carbocycles. The maximum atomic E-state index is 13.5. The van der Waals surface area contributed by atoms with E-state index >= 15 is 0 Å². The fourth-order valence-corrected chi connectivity index (χ4v) is 4.76. The number of aryl methyl sites for hydroxylation is 2. The lowest BCUT2D eigenvalue weighted by atomic mass is 9.92. The normalized spacial score (nSPS) is 15.4. The van der Waals surface area contributed by atoms with Crippen LogP contribution in [0.1, 0.15) is 34.0 Å². The highest BCUT2D eigenvalue weighted by Crippen LogP contribution is 2.39. The molecule has 1 aliphatic heterocycles. The molecule has 0 fully saturated rings. The van der Waals surface area contributed by atoms with Crippen LogP contribution in [0.2, 0.25) is 5.02 Å². The molecule has 5 nitrogen and oxygen atoms in total. The summed E-state index contributed by atoms with van der Waals surface area (Å²) in [5.74, 6) is 0.826. The molecule has 6 heteroatoms. The van der Waals surface area contributed by atoms with Crippen LogP contribution in [0.3, 0.4) is 0 Å². The monoisotopic (exact) mass is 459 g/mol. The third-order valence-corrected chi connectivity index (χ3v) is 6.82. The van der Waals surface area contributed by atoms with Crippen LogP contribution < -0.4 is 10.1 Å². The smallest absolute Gasteiger partial charge is 0.322 e. The predicted molar refractivity (Wildman–Crippen MR) is 133 cm³/mol. The second-order valence-corrected chi connectivity index (χ2v) is 8.99. The van der Waals surface area contributed by atoms with E-state index in [0.717, 1.165) is 39.9 Å². The van der Waals surface area contributed by atoms with Gasteiger partial charge in [0.05, 0.1) is 13.2 Å². The lowest BCUT2D eigenvalue weighted by Gasteiger charge is -2.36. The zero-order chi connectivity index (χ0) is 23.1. The summed E-state index contributed by atoms with van der Waals surface area (Å²) in [6, 6.07) is 19.6. The molecule has 3 aromatic carbocycles.